The molecule has 206 valence electrons. The molecule has 1 heteroatoms. The number of aryl methyl sites for hydroxylation is 2. The lowest BCUT2D eigenvalue weighted by Gasteiger charge is -2.28. The summed E-state index contributed by atoms with van der Waals surface area (Å²) in [4.78, 5) is 0. The Bertz CT molecular complexity index is 1250. The summed E-state index contributed by atoms with van der Waals surface area (Å²) in [6.45, 7) is 9.31. The van der Waals surface area contributed by atoms with Gasteiger partial charge >= 0.3 is 0 Å². The summed E-state index contributed by atoms with van der Waals surface area (Å²) in [5, 5.41) is 7.52. The van der Waals surface area contributed by atoms with E-state index in [2.05, 4.69) is 107 Å². The molecule has 4 rings (SSSR count). The predicted molar refractivity (Wildman–Crippen MR) is 177 cm³/mol. The molecule has 0 unspecified atom stereocenters. The molecule has 0 amide bonds. The van der Waals surface area contributed by atoms with Crippen molar-refractivity contribution < 1.29 is 0 Å². The summed E-state index contributed by atoms with van der Waals surface area (Å²) in [6.07, 6.45) is 14.8. The normalized spacial score (nSPS) is 11.5. The predicted octanol–water partition coefficient (Wildman–Crippen LogP) is 9.97. The molecule has 0 saturated heterocycles. The van der Waals surface area contributed by atoms with E-state index in [-0.39, 0.29) is 0 Å². The van der Waals surface area contributed by atoms with Crippen molar-refractivity contribution in [1.29, 1.82) is 0 Å². The van der Waals surface area contributed by atoms with Gasteiger partial charge in [0.25, 0.3) is 0 Å². The van der Waals surface area contributed by atoms with Crippen LogP contribution in [-0.4, -0.2) is 0 Å². The van der Waals surface area contributed by atoms with Crippen molar-refractivity contribution in [2.24, 2.45) is 0 Å². The van der Waals surface area contributed by atoms with Crippen LogP contribution < -0.4 is 15.9 Å². The summed E-state index contributed by atoms with van der Waals surface area (Å²) in [5.41, 5.74) is 6.47. The Kier molecular flexibility index (Phi) is 11.7. The maximum Gasteiger partial charge on any atom is -0.00724 e. The lowest BCUT2D eigenvalue weighted by molar-refractivity contribution is 0.760. The van der Waals surface area contributed by atoms with Crippen LogP contribution in [0.1, 0.15) is 101 Å². The molecule has 0 heterocycles. The highest BCUT2D eigenvalue weighted by molar-refractivity contribution is 7.80. The van der Waals surface area contributed by atoms with Crippen LogP contribution >= 0.6 is 7.92 Å². The molecule has 0 aliphatic heterocycles. The maximum absolute atomic E-state index is 2.50. The highest BCUT2D eigenvalue weighted by Gasteiger charge is 2.25. The van der Waals surface area contributed by atoms with E-state index in [1.807, 2.05) is 0 Å². The summed E-state index contributed by atoms with van der Waals surface area (Å²) >= 11 is 0. The summed E-state index contributed by atoms with van der Waals surface area (Å²) in [5.74, 6) is 0. The number of rotatable bonds is 15. The van der Waals surface area contributed by atoms with E-state index in [0.717, 1.165) is 0 Å². The summed E-state index contributed by atoms with van der Waals surface area (Å²) in [6, 6.07) is 30.7. The molecule has 0 aliphatic carbocycles. The molecule has 4 aromatic carbocycles. The van der Waals surface area contributed by atoms with Crippen molar-refractivity contribution in [2.45, 2.75) is 105 Å². The van der Waals surface area contributed by atoms with Crippen LogP contribution in [-0.2, 0) is 25.7 Å². The molecular weight excluding hydrogens is 487 g/mol. The van der Waals surface area contributed by atoms with Crippen LogP contribution in [0.5, 0.6) is 0 Å². The fourth-order valence-electron chi connectivity index (χ4n) is 5.94. The average molecular weight is 537 g/mol. The molecular formula is C38H49P. The van der Waals surface area contributed by atoms with Gasteiger partial charge in [0, 0.05) is 0 Å². The minimum Gasteiger partial charge on any atom is -0.0654 e. The minimum atomic E-state index is -0.683. The Morgan fingerprint density at radius 1 is 0.436 bits per heavy atom. The van der Waals surface area contributed by atoms with Crippen LogP contribution in [0.25, 0.3) is 10.8 Å². The second-order valence-electron chi connectivity index (χ2n) is 11.1. The van der Waals surface area contributed by atoms with Gasteiger partial charge in [-0.25, -0.2) is 0 Å². The molecule has 0 bridgehead atoms. The first-order chi connectivity index (χ1) is 19.2. The number of fused-ring (bicyclic) bond motifs is 1. The topological polar surface area (TPSA) is 0 Å². The molecule has 0 fully saturated rings. The number of benzene rings is 4. The van der Waals surface area contributed by atoms with Crippen molar-refractivity contribution in [3.63, 3.8) is 0 Å². The number of unbranched alkanes of at least 4 members (excludes halogenated alkanes) is 4. The number of hydrogen-bond acceptors (Lipinski definition) is 0. The van der Waals surface area contributed by atoms with Gasteiger partial charge in [-0.3, -0.25) is 0 Å². The SMILES string of the molecule is CCCCc1cccc(P(c2cccc(CCCC)c2CCCC)c2cccc3ccccc23)c1CCCC. The van der Waals surface area contributed by atoms with E-state index < -0.39 is 7.92 Å². The molecule has 4 aromatic rings. The van der Waals surface area contributed by atoms with Crippen molar-refractivity contribution in [2.75, 3.05) is 0 Å². The molecule has 0 N–H and O–H groups in total. The van der Waals surface area contributed by atoms with Gasteiger partial charge < -0.3 is 0 Å². The molecule has 0 atom stereocenters. The van der Waals surface area contributed by atoms with E-state index >= 15 is 0 Å². The average Bonchev–Trinajstić information content (AvgIpc) is 2.98. The fraction of sp³-hybridized carbons (Fsp3) is 0.421. The Morgan fingerprint density at radius 3 is 1.41 bits per heavy atom. The minimum absolute atomic E-state index is 0.683. The van der Waals surface area contributed by atoms with Gasteiger partial charge in [-0.2, -0.15) is 0 Å². The standard InChI is InChI=1S/C38H49P/c1-5-9-18-30-21-15-27-36(33(30)24-11-7-3)39(38-29-17-23-32-20-13-14-26-35(32)38)37-28-16-22-31(19-10-6-2)34(37)25-12-8-4/h13-17,20-23,26-29H,5-12,18-19,24-25H2,1-4H3. The van der Waals surface area contributed by atoms with Crippen LogP contribution in [0, 0.1) is 0 Å². The quantitative estimate of drug-likeness (QED) is 0.133. The molecule has 39 heavy (non-hydrogen) atoms. The highest BCUT2D eigenvalue weighted by Crippen LogP contribution is 2.40. The van der Waals surface area contributed by atoms with Crippen molar-refractivity contribution in [1.82, 2.24) is 0 Å². The second kappa shape index (κ2) is 15.4. The van der Waals surface area contributed by atoms with Crippen molar-refractivity contribution >= 4 is 34.6 Å². The summed E-state index contributed by atoms with van der Waals surface area (Å²) < 4.78 is 0. The Hall–Kier alpha value is -2.43. The third-order valence-corrected chi connectivity index (χ3v) is 10.8. The van der Waals surface area contributed by atoms with Crippen LogP contribution in [0.2, 0.25) is 0 Å². The van der Waals surface area contributed by atoms with Gasteiger partial charge in [0.05, 0.1) is 0 Å². The third kappa shape index (κ3) is 7.21. The van der Waals surface area contributed by atoms with Gasteiger partial charge in [0.2, 0.25) is 0 Å². The molecule has 0 spiro atoms. The lowest BCUT2D eigenvalue weighted by Crippen LogP contribution is -2.28. The zero-order valence-corrected chi connectivity index (χ0v) is 25.8. The van der Waals surface area contributed by atoms with Crippen LogP contribution in [0.3, 0.4) is 0 Å². The van der Waals surface area contributed by atoms with Crippen LogP contribution in [0.4, 0.5) is 0 Å². The first kappa shape index (κ1) is 29.6. The van der Waals surface area contributed by atoms with Crippen molar-refractivity contribution in [3.05, 3.63) is 101 Å². The summed E-state index contributed by atoms with van der Waals surface area (Å²) in [7, 11) is -0.683. The molecule has 0 radical (unpaired) electrons. The first-order valence-electron chi connectivity index (χ1n) is 15.7. The van der Waals surface area contributed by atoms with Crippen LogP contribution in [0.15, 0.2) is 78.9 Å². The Balaban J connectivity index is 2.02. The Morgan fingerprint density at radius 2 is 0.872 bits per heavy atom. The highest BCUT2D eigenvalue weighted by atomic mass is 31.1. The smallest absolute Gasteiger partial charge is 0.00724 e. The van der Waals surface area contributed by atoms with Gasteiger partial charge in [-0.1, -0.05) is 132 Å². The van der Waals surface area contributed by atoms with E-state index in [9.17, 15) is 0 Å². The van der Waals surface area contributed by atoms with Gasteiger partial charge in [-0.15, -0.1) is 0 Å². The van der Waals surface area contributed by atoms with E-state index in [1.54, 1.807) is 32.9 Å². The van der Waals surface area contributed by atoms with Crippen molar-refractivity contribution in [3.8, 4) is 0 Å². The van der Waals surface area contributed by atoms with E-state index in [0.29, 0.717) is 0 Å². The Labute approximate surface area is 240 Å². The van der Waals surface area contributed by atoms with Gasteiger partial charge in [0.15, 0.2) is 0 Å². The zero-order chi connectivity index (χ0) is 27.5. The molecule has 0 saturated carbocycles. The van der Waals surface area contributed by atoms with Gasteiger partial charge in [0.1, 0.15) is 0 Å². The largest absolute Gasteiger partial charge is 0.0654 e. The van der Waals surface area contributed by atoms with Gasteiger partial charge in [-0.05, 0) is 108 Å². The molecule has 0 aliphatic rings. The number of hydrogen-bond donors (Lipinski definition) is 0. The maximum atomic E-state index is 2.50. The fourth-order valence-corrected chi connectivity index (χ4v) is 8.92. The lowest BCUT2D eigenvalue weighted by atomic mass is 9.97. The monoisotopic (exact) mass is 536 g/mol. The van der Waals surface area contributed by atoms with E-state index in [4.69, 9.17) is 0 Å². The van der Waals surface area contributed by atoms with E-state index in [1.165, 1.54) is 93.1 Å². The first-order valence-corrected chi connectivity index (χ1v) is 17.1. The molecule has 0 nitrogen and oxygen atoms in total. The second-order valence-corrected chi connectivity index (χ2v) is 13.2. The molecule has 0 aromatic heterocycles. The zero-order valence-electron chi connectivity index (χ0n) is 24.9. The third-order valence-electron chi connectivity index (χ3n) is 8.15.